The van der Waals surface area contributed by atoms with Crippen LogP contribution in [-0.2, 0) is 11.2 Å². The summed E-state index contributed by atoms with van der Waals surface area (Å²) in [6.45, 7) is -0.00451. The first-order valence-corrected chi connectivity index (χ1v) is 7.74. The van der Waals surface area contributed by atoms with Crippen LogP contribution in [0.2, 0.25) is 0 Å². The summed E-state index contributed by atoms with van der Waals surface area (Å²) >= 11 is 1.57. The topological polar surface area (TPSA) is 68.0 Å². The first kappa shape index (κ1) is 14.2. The number of halogens is 1. The molecule has 1 aliphatic carbocycles. The minimum atomic E-state index is -0.256. The van der Waals surface area contributed by atoms with Crippen LogP contribution < -0.4 is 11.1 Å². The van der Waals surface area contributed by atoms with Crippen LogP contribution >= 0.6 is 11.3 Å². The number of aromatic nitrogens is 1. The van der Waals surface area contributed by atoms with Gasteiger partial charge >= 0.3 is 0 Å². The van der Waals surface area contributed by atoms with Crippen molar-refractivity contribution in [2.24, 2.45) is 5.73 Å². The van der Waals surface area contributed by atoms with Crippen LogP contribution in [0.3, 0.4) is 0 Å². The van der Waals surface area contributed by atoms with Gasteiger partial charge in [-0.05, 0) is 43.5 Å². The molecule has 1 aromatic heterocycles. The number of thiazole rings is 1. The van der Waals surface area contributed by atoms with E-state index >= 15 is 0 Å². The van der Waals surface area contributed by atoms with Gasteiger partial charge in [0, 0.05) is 5.56 Å². The molecule has 0 saturated heterocycles. The summed E-state index contributed by atoms with van der Waals surface area (Å²) in [4.78, 5) is 17.3. The molecule has 0 spiro atoms. The number of aryl methyl sites for hydroxylation is 1. The predicted octanol–water partition coefficient (Wildman–Crippen LogP) is 2.40. The fourth-order valence-electron chi connectivity index (χ4n) is 2.53. The summed E-state index contributed by atoms with van der Waals surface area (Å²) in [7, 11) is 0. The third-order valence-corrected chi connectivity index (χ3v) is 4.82. The molecule has 1 unspecified atom stereocenters. The van der Waals surface area contributed by atoms with Crippen molar-refractivity contribution in [3.8, 4) is 10.6 Å². The van der Waals surface area contributed by atoms with Crippen molar-refractivity contribution < 1.29 is 9.18 Å². The Morgan fingerprint density at radius 2 is 2.19 bits per heavy atom. The van der Waals surface area contributed by atoms with Crippen LogP contribution in [-0.4, -0.2) is 17.4 Å². The van der Waals surface area contributed by atoms with Gasteiger partial charge in [0.05, 0.1) is 23.2 Å². The minimum Gasteiger partial charge on any atom is -0.347 e. The average Bonchev–Trinajstić information content (AvgIpc) is 2.93. The first-order valence-electron chi connectivity index (χ1n) is 6.92. The first-order chi connectivity index (χ1) is 10.2. The highest BCUT2D eigenvalue weighted by Gasteiger charge is 2.25. The van der Waals surface area contributed by atoms with E-state index in [0.717, 1.165) is 40.4 Å². The molecule has 1 amide bonds. The smallest absolute Gasteiger partial charge is 0.234 e. The number of amides is 1. The number of benzene rings is 1. The fraction of sp³-hybridized carbons (Fsp3) is 0.333. The van der Waals surface area contributed by atoms with Gasteiger partial charge in [0.15, 0.2) is 0 Å². The maximum absolute atomic E-state index is 13.0. The van der Waals surface area contributed by atoms with E-state index in [0.29, 0.717) is 0 Å². The number of hydrogen-bond acceptors (Lipinski definition) is 4. The highest BCUT2D eigenvalue weighted by atomic mass is 32.1. The second kappa shape index (κ2) is 5.91. The maximum Gasteiger partial charge on any atom is 0.234 e. The number of hydrogen-bond donors (Lipinski definition) is 2. The number of rotatable bonds is 3. The van der Waals surface area contributed by atoms with E-state index in [1.165, 1.54) is 12.1 Å². The third kappa shape index (κ3) is 2.96. The summed E-state index contributed by atoms with van der Waals surface area (Å²) in [5.41, 5.74) is 7.30. The lowest BCUT2D eigenvalue weighted by molar-refractivity contribution is -0.120. The fourth-order valence-corrected chi connectivity index (χ4v) is 3.73. The van der Waals surface area contributed by atoms with Gasteiger partial charge in [-0.1, -0.05) is 0 Å². The van der Waals surface area contributed by atoms with Gasteiger partial charge in [-0.25, -0.2) is 9.37 Å². The molecule has 1 heterocycles. The van der Waals surface area contributed by atoms with Crippen molar-refractivity contribution in [3.63, 3.8) is 0 Å². The Bertz CT molecular complexity index is 653. The Hall–Kier alpha value is -1.79. The number of carbonyl (C=O) groups is 1. The SMILES string of the molecule is NCC(=O)NC1CCCc2nc(-c3ccc(F)cc3)sc21. The molecule has 3 rings (SSSR count). The lowest BCUT2D eigenvalue weighted by Gasteiger charge is -2.22. The minimum absolute atomic E-state index is 0.00324. The highest BCUT2D eigenvalue weighted by Crippen LogP contribution is 2.37. The predicted molar refractivity (Wildman–Crippen MR) is 80.4 cm³/mol. The summed E-state index contributed by atoms with van der Waals surface area (Å²) < 4.78 is 13.0. The molecule has 21 heavy (non-hydrogen) atoms. The number of carbonyl (C=O) groups excluding carboxylic acids is 1. The molecule has 6 heteroatoms. The Kier molecular flexibility index (Phi) is 3.98. The summed E-state index contributed by atoms with van der Waals surface area (Å²) in [6, 6.07) is 6.32. The molecule has 4 nitrogen and oxygen atoms in total. The molecule has 110 valence electrons. The molecular weight excluding hydrogens is 289 g/mol. The van der Waals surface area contributed by atoms with Crippen LogP contribution in [0.1, 0.15) is 29.5 Å². The molecule has 0 saturated carbocycles. The normalized spacial score (nSPS) is 17.3. The van der Waals surface area contributed by atoms with Crippen molar-refractivity contribution in [2.45, 2.75) is 25.3 Å². The van der Waals surface area contributed by atoms with Crippen LogP contribution in [0.15, 0.2) is 24.3 Å². The van der Waals surface area contributed by atoms with E-state index in [1.807, 2.05) is 0 Å². The Labute approximate surface area is 126 Å². The highest BCUT2D eigenvalue weighted by molar-refractivity contribution is 7.15. The summed E-state index contributed by atoms with van der Waals surface area (Å²) in [5.74, 6) is -0.405. The second-order valence-corrected chi connectivity index (χ2v) is 6.08. The number of fused-ring (bicyclic) bond motifs is 1. The van der Waals surface area contributed by atoms with Crippen LogP contribution in [0.25, 0.3) is 10.6 Å². The third-order valence-electron chi connectivity index (χ3n) is 3.56. The van der Waals surface area contributed by atoms with Gasteiger partial charge in [0.1, 0.15) is 10.8 Å². The Morgan fingerprint density at radius 3 is 2.90 bits per heavy atom. The van der Waals surface area contributed by atoms with Gasteiger partial charge in [-0.3, -0.25) is 4.79 Å². The zero-order valence-electron chi connectivity index (χ0n) is 11.4. The number of nitrogens with zero attached hydrogens (tertiary/aromatic N) is 1. The Morgan fingerprint density at radius 1 is 1.43 bits per heavy atom. The van der Waals surface area contributed by atoms with Gasteiger partial charge in [-0.2, -0.15) is 0 Å². The molecule has 0 bridgehead atoms. The van der Waals surface area contributed by atoms with Gasteiger partial charge in [-0.15, -0.1) is 11.3 Å². The van der Waals surface area contributed by atoms with E-state index in [-0.39, 0.29) is 24.3 Å². The maximum atomic E-state index is 13.0. The van der Waals surface area contributed by atoms with Crippen molar-refractivity contribution in [1.29, 1.82) is 0 Å². The molecular formula is C15H16FN3OS. The van der Waals surface area contributed by atoms with Crippen LogP contribution in [0.4, 0.5) is 4.39 Å². The molecule has 1 atom stereocenters. The lowest BCUT2D eigenvalue weighted by atomic mass is 9.98. The molecule has 2 aromatic rings. The quantitative estimate of drug-likeness (QED) is 0.915. The number of nitrogens with two attached hydrogens (primary N) is 1. The number of nitrogens with one attached hydrogen (secondary N) is 1. The van der Waals surface area contributed by atoms with E-state index < -0.39 is 0 Å². The van der Waals surface area contributed by atoms with E-state index in [4.69, 9.17) is 5.73 Å². The van der Waals surface area contributed by atoms with Gasteiger partial charge in [0.2, 0.25) is 5.91 Å². The van der Waals surface area contributed by atoms with Gasteiger partial charge in [0.25, 0.3) is 0 Å². The van der Waals surface area contributed by atoms with Crippen molar-refractivity contribution >= 4 is 17.2 Å². The molecule has 1 aromatic carbocycles. The molecule has 0 fully saturated rings. The second-order valence-electron chi connectivity index (χ2n) is 5.05. The summed E-state index contributed by atoms with van der Waals surface area (Å²) in [5, 5.41) is 3.81. The van der Waals surface area contributed by atoms with Crippen molar-refractivity contribution in [3.05, 3.63) is 40.7 Å². The monoisotopic (exact) mass is 305 g/mol. The Balaban J connectivity index is 1.90. The van der Waals surface area contributed by atoms with E-state index in [9.17, 15) is 9.18 Å². The summed E-state index contributed by atoms with van der Waals surface area (Å²) in [6.07, 6.45) is 2.82. The van der Waals surface area contributed by atoms with Gasteiger partial charge < -0.3 is 11.1 Å². The van der Waals surface area contributed by atoms with Crippen LogP contribution in [0, 0.1) is 5.82 Å². The van der Waals surface area contributed by atoms with Crippen molar-refractivity contribution in [2.75, 3.05) is 6.54 Å². The van der Waals surface area contributed by atoms with Crippen molar-refractivity contribution in [1.82, 2.24) is 10.3 Å². The average molecular weight is 305 g/mol. The largest absolute Gasteiger partial charge is 0.347 e. The van der Waals surface area contributed by atoms with E-state index in [2.05, 4.69) is 10.3 Å². The molecule has 1 aliphatic rings. The standard InChI is InChI=1S/C15H16FN3OS/c16-10-6-4-9(5-7-10)15-19-12-3-1-2-11(14(12)21-15)18-13(20)8-17/h4-7,11H,1-3,8,17H2,(H,18,20). The zero-order chi connectivity index (χ0) is 14.8. The molecule has 3 N–H and O–H groups in total. The molecule has 0 radical (unpaired) electrons. The lowest BCUT2D eigenvalue weighted by Crippen LogP contribution is -2.34. The van der Waals surface area contributed by atoms with Crippen LogP contribution in [0.5, 0.6) is 0 Å². The molecule has 0 aliphatic heterocycles. The van der Waals surface area contributed by atoms with E-state index in [1.54, 1.807) is 23.5 Å². The zero-order valence-corrected chi connectivity index (χ0v) is 12.3.